The van der Waals surface area contributed by atoms with E-state index < -0.39 is 0 Å². The van der Waals surface area contributed by atoms with Gasteiger partial charge in [0.1, 0.15) is 5.83 Å². The molecule has 0 saturated carbocycles. The molecular formula is C9H14FN. The van der Waals surface area contributed by atoms with E-state index >= 15 is 0 Å². The van der Waals surface area contributed by atoms with Crippen molar-refractivity contribution in [2.75, 3.05) is 0 Å². The van der Waals surface area contributed by atoms with Gasteiger partial charge in [-0.2, -0.15) is 5.26 Å². The highest BCUT2D eigenvalue weighted by molar-refractivity contribution is 5.06. The first-order chi connectivity index (χ1) is 5.31. The molecule has 0 unspecified atom stereocenters. The molecule has 0 atom stereocenters. The zero-order valence-corrected chi connectivity index (χ0v) is 6.94. The molecule has 0 aliphatic carbocycles. The van der Waals surface area contributed by atoms with E-state index in [1.807, 2.05) is 0 Å². The zero-order valence-electron chi connectivity index (χ0n) is 6.94. The van der Waals surface area contributed by atoms with Gasteiger partial charge >= 0.3 is 0 Å². The first-order valence-corrected chi connectivity index (χ1v) is 4.05. The van der Waals surface area contributed by atoms with Crippen molar-refractivity contribution in [2.45, 2.75) is 39.0 Å². The van der Waals surface area contributed by atoms with Gasteiger partial charge in [0.2, 0.25) is 0 Å². The lowest BCUT2D eigenvalue weighted by molar-refractivity contribution is 0.553. The largest absolute Gasteiger partial charge is 0.211 e. The maximum absolute atomic E-state index is 12.5. The molecule has 0 fully saturated rings. The molecule has 0 bridgehead atoms. The van der Waals surface area contributed by atoms with E-state index in [-0.39, 0.29) is 5.83 Å². The van der Waals surface area contributed by atoms with Crippen molar-refractivity contribution in [1.29, 1.82) is 5.26 Å². The summed E-state index contributed by atoms with van der Waals surface area (Å²) >= 11 is 0. The Bertz CT molecular complexity index is 155. The normalized spacial score (nSPS) is 11.2. The van der Waals surface area contributed by atoms with Gasteiger partial charge in [-0.3, -0.25) is 0 Å². The van der Waals surface area contributed by atoms with Crippen molar-refractivity contribution in [2.24, 2.45) is 0 Å². The van der Waals surface area contributed by atoms with Gasteiger partial charge < -0.3 is 0 Å². The highest BCUT2D eigenvalue weighted by Crippen LogP contribution is 2.10. The molecule has 0 aromatic heterocycles. The van der Waals surface area contributed by atoms with Crippen LogP contribution in [0.5, 0.6) is 0 Å². The van der Waals surface area contributed by atoms with Crippen LogP contribution in [0.15, 0.2) is 11.9 Å². The summed E-state index contributed by atoms with van der Waals surface area (Å²) in [6, 6.07) is 1.67. The standard InChI is InChI=1S/C9H14FN/c1-2-3-4-5-6-9(10)7-8-11/h7H,2-6H2,1H3. The molecule has 0 saturated heterocycles. The van der Waals surface area contributed by atoms with Crippen molar-refractivity contribution in [3.8, 4) is 6.07 Å². The number of nitriles is 1. The second kappa shape index (κ2) is 7.27. The summed E-state index contributed by atoms with van der Waals surface area (Å²) in [5.41, 5.74) is 0. The average Bonchev–Trinajstić information content (AvgIpc) is 1.99. The van der Waals surface area contributed by atoms with Gasteiger partial charge in [-0.15, -0.1) is 0 Å². The van der Waals surface area contributed by atoms with E-state index in [1.165, 1.54) is 0 Å². The molecule has 0 spiro atoms. The number of allylic oxidation sites excluding steroid dienone is 2. The number of nitrogens with zero attached hydrogens (tertiary/aromatic N) is 1. The highest BCUT2D eigenvalue weighted by atomic mass is 19.1. The Labute approximate surface area is 67.5 Å². The average molecular weight is 155 g/mol. The topological polar surface area (TPSA) is 23.8 Å². The van der Waals surface area contributed by atoms with Crippen LogP contribution in [0, 0.1) is 11.3 Å². The zero-order chi connectivity index (χ0) is 8.53. The lowest BCUT2D eigenvalue weighted by Crippen LogP contribution is -1.77. The van der Waals surface area contributed by atoms with Crippen LogP contribution in [-0.2, 0) is 0 Å². The molecule has 0 aliphatic heterocycles. The van der Waals surface area contributed by atoms with Crippen LogP contribution in [0.3, 0.4) is 0 Å². The third-order valence-electron chi connectivity index (χ3n) is 1.49. The molecular weight excluding hydrogens is 141 g/mol. The maximum Gasteiger partial charge on any atom is 0.110 e. The van der Waals surface area contributed by atoms with E-state index in [4.69, 9.17) is 5.26 Å². The van der Waals surface area contributed by atoms with E-state index in [1.54, 1.807) is 6.07 Å². The van der Waals surface area contributed by atoms with Crippen LogP contribution in [0.2, 0.25) is 0 Å². The Morgan fingerprint density at radius 1 is 1.45 bits per heavy atom. The molecule has 11 heavy (non-hydrogen) atoms. The molecule has 1 nitrogen and oxygen atoms in total. The molecule has 2 heteroatoms. The summed E-state index contributed by atoms with van der Waals surface area (Å²) in [6.45, 7) is 2.11. The SMILES string of the molecule is CCCCCCC(F)=CC#N. The minimum Gasteiger partial charge on any atom is -0.211 e. The van der Waals surface area contributed by atoms with Crippen LogP contribution in [0.25, 0.3) is 0 Å². The predicted molar refractivity (Wildman–Crippen MR) is 43.6 cm³/mol. The predicted octanol–water partition coefficient (Wildman–Crippen LogP) is 3.33. The Morgan fingerprint density at radius 3 is 2.73 bits per heavy atom. The van der Waals surface area contributed by atoms with Crippen LogP contribution in [0.4, 0.5) is 4.39 Å². The molecule has 0 aromatic carbocycles. The van der Waals surface area contributed by atoms with Crippen LogP contribution in [0.1, 0.15) is 39.0 Å². The van der Waals surface area contributed by atoms with Crippen molar-refractivity contribution in [3.05, 3.63) is 11.9 Å². The number of hydrogen-bond acceptors (Lipinski definition) is 1. The quantitative estimate of drug-likeness (QED) is 0.441. The molecule has 0 radical (unpaired) electrons. The lowest BCUT2D eigenvalue weighted by Gasteiger charge is -1.95. The molecule has 62 valence electrons. The van der Waals surface area contributed by atoms with Crippen molar-refractivity contribution in [3.63, 3.8) is 0 Å². The summed E-state index contributed by atoms with van der Waals surface area (Å²) in [5, 5.41) is 8.07. The lowest BCUT2D eigenvalue weighted by atomic mass is 10.1. The van der Waals surface area contributed by atoms with Crippen LogP contribution < -0.4 is 0 Å². The molecule has 0 aliphatic rings. The van der Waals surface area contributed by atoms with Gasteiger partial charge in [-0.25, -0.2) is 4.39 Å². The Kier molecular flexibility index (Phi) is 6.71. The van der Waals surface area contributed by atoms with Gasteiger partial charge in [0.25, 0.3) is 0 Å². The number of hydrogen-bond donors (Lipinski definition) is 0. The second-order valence-electron chi connectivity index (χ2n) is 2.53. The fraction of sp³-hybridized carbons (Fsp3) is 0.667. The van der Waals surface area contributed by atoms with Gasteiger partial charge in [0.05, 0.1) is 6.07 Å². The molecule has 0 aromatic rings. The van der Waals surface area contributed by atoms with E-state index in [2.05, 4.69) is 6.92 Å². The van der Waals surface area contributed by atoms with Crippen LogP contribution in [-0.4, -0.2) is 0 Å². The van der Waals surface area contributed by atoms with Crippen molar-refractivity contribution >= 4 is 0 Å². The summed E-state index contributed by atoms with van der Waals surface area (Å²) in [5.74, 6) is -0.288. The molecule has 0 rings (SSSR count). The molecule has 0 amide bonds. The first-order valence-electron chi connectivity index (χ1n) is 4.05. The third kappa shape index (κ3) is 7.05. The van der Waals surface area contributed by atoms with Gasteiger partial charge in [0, 0.05) is 6.08 Å². The second-order valence-corrected chi connectivity index (χ2v) is 2.53. The van der Waals surface area contributed by atoms with Crippen LogP contribution >= 0.6 is 0 Å². The summed E-state index contributed by atoms with van der Waals surface area (Å²) in [4.78, 5) is 0. The van der Waals surface area contributed by atoms with Crippen molar-refractivity contribution in [1.82, 2.24) is 0 Å². The highest BCUT2D eigenvalue weighted by Gasteiger charge is 1.93. The van der Waals surface area contributed by atoms with Gasteiger partial charge in [0.15, 0.2) is 0 Å². The first kappa shape index (κ1) is 10.2. The maximum atomic E-state index is 12.5. The van der Waals surface area contributed by atoms with Crippen molar-refractivity contribution < 1.29 is 4.39 Å². The summed E-state index contributed by atoms with van der Waals surface area (Å²) in [6.07, 6.45) is 5.63. The summed E-state index contributed by atoms with van der Waals surface area (Å²) in [7, 11) is 0. The molecule has 0 N–H and O–H groups in total. The Hall–Kier alpha value is -0.840. The van der Waals surface area contributed by atoms with E-state index in [0.29, 0.717) is 6.42 Å². The molecule has 0 heterocycles. The van der Waals surface area contributed by atoms with E-state index in [9.17, 15) is 4.39 Å². The fourth-order valence-electron chi connectivity index (χ4n) is 0.863. The smallest absolute Gasteiger partial charge is 0.110 e. The number of halogens is 1. The third-order valence-corrected chi connectivity index (χ3v) is 1.49. The van der Waals surface area contributed by atoms with Gasteiger partial charge in [-0.1, -0.05) is 26.2 Å². The van der Waals surface area contributed by atoms with E-state index in [0.717, 1.165) is 31.8 Å². The Morgan fingerprint density at radius 2 is 2.18 bits per heavy atom. The fourth-order valence-corrected chi connectivity index (χ4v) is 0.863. The number of rotatable bonds is 5. The monoisotopic (exact) mass is 155 g/mol. The minimum atomic E-state index is -0.288. The summed E-state index contributed by atoms with van der Waals surface area (Å²) < 4.78 is 12.5. The number of unbranched alkanes of at least 4 members (excludes halogenated alkanes) is 3. The minimum absolute atomic E-state index is 0.288. The Balaban J connectivity index is 3.26. The van der Waals surface area contributed by atoms with Gasteiger partial charge in [-0.05, 0) is 12.8 Å².